The molecule has 0 amide bonds. The van der Waals surface area contributed by atoms with Gasteiger partial charge in [-0.1, -0.05) is 30.3 Å². The normalized spacial score (nSPS) is 18.0. The molecule has 2 aromatic rings. The van der Waals surface area contributed by atoms with Gasteiger partial charge in [-0.05, 0) is 37.1 Å². The number of hydrogen-bond donors (Lipinski definition) is 1. The van der Waals surface area contributed by atoms with E-state index in [1.54, 1.807) is 0 Å². The Balaban J connectivity index is 1.69. The first-order chi connectivity index (χ1) is 10.1. The minimum absolute atomic E-state index is 0.0489. The Hall–Kier alpha value is -2.00. The Morgan fingerprint density at radius 3 is 2.86 bits per heavy atom. The molecule has 110 valence electrons. The van der Waals surface area contributed by atoms with E-state index in [-0.39, 0.29) is 6.04 Å². The van der Waals surface area contributed by atoms with Crippen molar-refractivity contribution < 1.29 is 9.47 Å². The van der Waals surface area contributed by atoms with Crippen LogP contribution in [0.25, 0.3) is 0 Å². The molecule has 1 heterocycles. The van der Waals surface area contributed by atoms with Gasteiger partial charge in [0.05, 0.1) is 19.1 Å². The third kappa shape index (κ3) is 2.88. The van der Waals surface area contributed by atoms with Gasteiger partial charge in [0.15, 0.2) is 0 Å². The third-order valence-corrected chi connectivity index (χ3v) is 3.96. The molecule has 3 nitrogen and oxygen atoms in total. The Morgan fingerprint density at radius 2 is 2.10 bits per heavy atom. The fourth-order valence-electron chi connectivity index (χ4n) is 2.68. The maximum absolute atomic E-state index is 5.99. The van der Waals surface area contributed by atoms with Gasteiger partial charge in [-0.25, -0.2) is 0 Å². The van der Waals surface area contributed by atoms with Crippen LogP contribution in [-0.2, 0) is 0 Å². The van der Waals surface area contributed by atoms with Crippen molar-refractivity contribution in [3.05, 3.63) is 59.2 Å². The number of nitrogens with two attached hydrogens (primary N) is 1. The van der Waals surface area contributed by atoms with Gasteiger partial charge in [0, 0.05) is 11.6 Å². The lowest BCUT2D eigenvalue weighted by Gasteiger charge is -2.15. The van der Waals surface area contributed by atoms with Gasteiger partial charge in [0.25, 0.3) is 0 Å². The van der Waals surface area contributed by atoms with E-state index >= 15 is 0 Å². The van der Waals surface area contributed by atoms with Gasteiger partial charge in [0.2, 0.25) is 0 Å². The topological polar surface area (TPSA) is 44.5 Å². The van der Waals surface area contributed by atoms with Crippen LogP contribution in [0.15, 0.2) is 42.5 Å². The molecule has 0 fully saturated rings. The van der Waals surface area contributed by atoms with Gasteiger partial charge >= 0.3 is 0 Å². The Labute approximate surface area is 125 Å². The molecule has 1 unspecified atom stereocenters. The summed E-state index contributed by atoms with van der Waals surface area (Å²) in [6.45, 7) is 5.37. The number of hydrogen-bond acceptors (Lipinski definition) is 3. The van der Waals surface area contributed by atoms with Crippen LogP contribution in [0, 0.1) is 6.92 Å². The SMILES string of the molecule is Cc1cc([C@@H](C)N)ccc1OCC1COc2ccccc21. The maximum atomic E-state index is 5.99. The summed E-state index contributed by atoms with van der Waals surface area (Å²) in [6, 6.07) is 14.4. The number of ether oxygens (including phenoxy) is 2. The zero-order valence-corrected chi connectivity index (χ0v) is 12.5. The van der Waals surface area contributed by atoms with E-state index in [1.165, 1.54) is 5.56 Å². The lowest BCUT2D eigenvalue weighted by molar-refractivity contribution is 0.247. The molecule has 0 spiro atoms. The molecular formula is C18H21NO2. The van der Waals surface area contributed by atoms with E-state index in [0.717, 1.165) is 22.6 Å². The van der Waals surface area contributed by atoms with Crippen LogP contribution < -0.4 is 15.2 Å². The van der Waals surface area contributed by atoms with Crippen molar-refractivity contribution in [3.63, 3.8) is 0 Å². The molecule has 21 heavy (non-hydrogen) atoms. The fraction of sp³-hybridized carbons (Fsp3) is 0.333. The van der Waals surface area contributed by atoms with Gasteiger partial charge in [-0.3, -0.25) is 0 Å². The van der Waals surface area contributed by atoms with Crippen molar-refractivity contribution in [2.75, 3.05) is 13.2 Å². The summed E-state index contributed by atoms with van der Waals surface area (Å²) in [5.74, 6) is 2.20. The molecule has 1 aliphatic rings. The standard InChI is InChI=1S/C18H21NO2/c1-12-9-14(13(2)19)7-8-17(12)20-10-15-11-21-18-6-4-3-5-16(15)18/h3-9,13,15H,10-11,19H2,1-2H3/t13-,15?/m1/s1. The monoisotopic (exact) mass is 283 g/mol. The number of benzene rings is 2. The predicted molar refractivity (Wildman–Crippen MR) is 84.0 cm³/mol. The summed E-state index contributed by atoms with van der Waals surface area (Å²) >= 11 is 0. The van der Waals surface area contributed by atoms with Gasteiger partial charge < -0.3 is 15.2 Å². The Morgan fingerprint density at radius 1 is 1.29 bits per heavy atom. The van der Waals surface area contributed by atoms with Crippen LogP contribution >= 0.6 is 0 Å². The Bertz CT molecular complexity index is 637. The van der Waals surface area contributed by atoms with Crippen LogP contribution in [0.5, 0.6) is 11.5 Å². The largest absolute Gasteiger partial charge is 0.493 e. The molecule has 2 N–H and O–H groups in total. The highest BCUT2D eigenvalue weighted by molar-refractivity contribution is 5.40. The second-order valence-corrected chi connectivity index (χ2v) is 5.67. The molecule has 0 saturated heterocycles. The minimum atomic E-state index is 0.0489. The highest BCUT2D eigenvalue weighted by Crippen LogP contribution is 2.34. The molecule has 3 rings (SSSR count). The average Bonchev–Trinajstić information content (AvgIpc) is 2.89. The summed E-state index contributed by atoms with van der Waals surface area (Å²) in [5.41, 5.74) is 9.40. The number of para-hydroxylation sites is 1. The molecule has 2 atom stereocenters. The second kappa shape index (κ2) is 5.78. The molecule has 0 bridgehead atoms. The van der Waals surface area contributed by atoms with Crippen LogP contribution in [0.1, 0.15) is 35.6 Å². The number of aryl methyl sites for hydroxylation is 1. The zero-order chi connectivity index (χ0) is 14.8. The van der Waals surface area contributed by atoms with Crippen LogP contribution in [0.3, 0.4) is 0 Å². The summed E-state index contributed by atoms with van der Waals surface area (Å²) < 4.78 is 11.7. The summed E-state index contributed by atoms with van der Waals surface area (Å²) in [5, 5.41) is 0. The summed E-state index contributed by atoms with van der Waals surface area (Å²) in [6.07, 6.45) is 0. The second-order valence-electron chi connectivity index (χ2n) is 5.67. The molecule has 0 aliphatic carbocycles. The zero-order valence-electron chi connectivity index (χ0n) is 12.5. The molecular weight excluding hydrogens is 262 g/mol. The smallest absolute Gasteiger partial charge is 0.123 e. The first kappa shape index (κ1) is 14.0. The van der Waals surface area contributed by atoms with Crippen molar-refractivity contribution in [1.82, 2.24) is 0 Å². The van der Waals surface area contributed by atoms with E-state index in [0.29, 0.717) is 19.1 Å². The van der Waals surface area contributed by atoms with Gasteiger partial charge in [0.1, 0.15) is 11.5 Å². The fourth-order valence-corrected chi connectivity index (χ4v) is 2.68. The molecule has 3 heteroatoms. The molecule has 0 saturated carbocycles. The first-order valence-corrected chi connectivity index (χ1v) is 7.36. The van der Waals surface area contributed by atoms with E-state index in [2.05, 4.69) is 19.1 Å². The number of rotatable bonds is 4. The van der Waals surface area contributed by atoms with Crippen molar-refractivity contribution in [2.45, 2.75) is 25.8 Å². The minimum Gasteiger partial charge on any atom is -0.493 e. The maximum Gasteiger partial charge on any atom is 0.123 e. The van der Waals surface area contributed by atoms with Gasteiger partial charge in [-0.2, -0.15) is 0 Å². The van der Waals surface area contributed by atoms with Crippen molar-refractivity contribution in [3.8, 4) is 11.5 Å². The first-order valence-electron chi connectivity index (χ1n) is 7.36. The van der Waals surface area contributed by atoms with E-state index in [1.807, 2.05) is 37.3 Å². The molecule has 2 aromatic carbocycles. The lowest BCUT2D eigenvalue weighted by Crippen LogP contribution is -2.12. The predicted octanol–water partition coefficient (Wildman–Crippen LogP) is 3.57. The van der Waals surface area contributed by atoms with Crippen molar-refractivity contribution in [1.29, 1.82) is 0 Å². The van der Waals surface area contributed by atoms with Crippen LogP contribution in [-0.4, -0.2) is 13.2 Å². The molecule has 1 aliphatic heterocycles. The van der Waals surface area contributed by atoms with Crippen molar-refractivity contribution in [2.24, 2.45) is 5.73 Å². The van der Waals surface area contributed by atoms with Crippen LogP contribution in [0.4, 0.5) is 0 Å². The van der Waals surface area contributed by atoms with E-state index in [4.69, 9.17) is 15.2 Å². The van der Waals surface area contributed by atoms with Crippen LogP contribution in [0.2, 0.25) is 0 Å². The quantitative estimate of drug-likeness (QED) is 0.933. The number of fused-ring (bicyclic) bond motifs is 1. The molecule has 0 radical (unpaired) electrons. The highest BCUT2D eigenvalue weighted by Gasteiger charge is 2.24. The van der Waals surface area contributed by atoms with Gasteiger partial charge in [-0.15, -0.1) is 0 Å². The average molecular weight is 283 g/mol. The summed E-state index contributed by atoms with van der Waals surface area (Å²) in [7, 11) is 0. The third-order valence-electron chi connectivity index (χ3n) is 3.96. The van der Waals surface area contributed by atoms with E-state index in [9.17, 15) is 0 Å². The van der Waals surface area contributed by atoms with E-state index < -0.39 is 0 Å². The summed E-state index contributed by atoms with van der Waals surface area (Å²) in [4.78, 5) is 0. The molecule has 0 aromatic heterocycles. The highest BCUT2D eigenvalue weighted by atomic mass is 16.5. The Kier molecular flexibility index (Phi) is 3.84. The lowest BCUT2D eigenvalue weighted by atomic mass is 10.0. The van der Waals surface area contributed by atoms with Crippen molar-refractivity contribution >= 4 is 0 Å².